The maximum atomic E-state index is 11.7. The highest BCUT2D eigenvalue weighted by Gasteiger charge is 2.22. The molecule has 0 amide bonds. The monoisotopic (exact) mass is 392 g/mol. The Hall–Kier alpha value is -3.81. The number of carbonyl (C=O) groups is 1. The molecule has 0 aliphatic rings. The molecule has 8 nitrogen and oxygen atoms in total. The van der Waals surface area contributed by atoms with Crippen molar-refractivity contribution in [3.8, 4) is 0 Å². The third-order valence-electron chi connectivity index (χ3n) is 4.35. The lowest BCUT2D eigenvalue weighted by Crippen LogP contribution is -2.13. The summed E-state index contributed by atoms with van der Waals surface area (Å²) < 4.78 is 4.94. The van der Waals surface area contributed by atoms with E-state index < -0.39 is 10.8 Å². The summed E-state index contributed by atoms with van der Waals surface area (Å²) in [4.78, 5) is 26.1. The summed E-state index contributed by atoms with van der Waals surface area (Å²) in [7, 11) is 0. The zero-order valence-corrected chi connectivity index (χ0v) is 16.0. The molecule has 29 heavy (non-hydrogen) atoms. The first kappa shape index (κ1) is 19.9. The van der Waals surface area contributed by atoms with E-state index in [1.807, 2.05) is 30.5 Å². The van der Waals surface area contributed by atoms with Crippen LogP contribution in [-0.2, 0) is 9.53 Å². The molecule has 0 bridgehead atoms. The Morgan fingerprint density at radius 3 is 2.69 bits per heavy atom. The largest absolute Gasteiger partial charge is 0.465 e. The molecule has 1 unspecified atom stereocenters. The second-order valence-corrected chi connectivity index (χ2v) is 6.27. The molecule has 0 aliphatic heterocycles. The summed E-state index contributed by atoms with van der Waals surface area (Å²) in [6.45, 7) is 3.72. The predicted octanol–water partition coefficient (Wildman–Crippen LogP) is 4.37. The minimum absolute atomic E-state index is 0.0218. The molecular formula is C21H20N4O4. The van der Waals surface area contributed by atoms with E-state index in [2.05, 4.69) is 27.3 Å². The van der Waals surface area contributed by atoms with Crippen LogP contribution in [0.5, 0.6) is 0 Å². The molecule has 0 spiro atoms. The van der Waals surface area contributed by atoms with Gasteiger partial charge in [0.15, 0.2) is 0 Å². The van der Waals surface area contributed by atoms with Crippen LogP contribution < -0.4 is 0 Å². The lowest BCUT2D eigenvalue weighted by atomic mass is 10.0. The van der Waals surface area contributed by atoms with Crippen molar-refractivity contribution in [2.24, 2.45) is 0 Å². The van der Waals surface area contributed by atoms with Crippen molar-refractivity contribution in [3.63, 3.8) is 0 Å². The number of nitrogens with one attached hydrogen (secondary N) is 1. The first-order valence-electron chi connectivity index (χ1n) is 9.10. The number of nitro benzene ring substituents is 1. The zero-order valence-electron chi connectivity index (χ0n) is 16.0. The summed E-state index contributed by atoms with van der Waals surface area (Å²) in [6, 6.07) is 16.5. The van der Waals surface area contributed by atoms with E-state index in [9.17, 15) is 14.9 Å². The molecule has 0 aliphatic carbocycles. The van der Waals surface area contributed by atoms with E-state index in [-0.39, 0.29) is 11.7 Å². The molecular weight excluding hydrogens is 372 g/mol. The number of aromatic amines is 1. The van der Waals surface area contributed by atoms with Gasteiger partial charge < -0.3 is 4.74 Å². The van der Waals surface area contributed by atoms with E-state index in [0.717, 1.165) is 5.52 Å². The van der Waals surface area contributed by atoms with E-state index in [0.29, 0.717) is 23.2 Å². The van der Waals surface area contributed by atoms with Gasteiger partial charge in [0.25, 0.3) is 5.69 Å². The van der Waals surface area contributed by atoms with Crippen molar-refractivity contribution < 1.29 is 14.5 Å². The first-order valence-corrected chi connectivity index (χ1v) is 9.10. The van der Waals surface area contributed by atoms with Crippen molar-refractivity contribution in [1.82, 2.24) is 15.2 Å². The Balaban J connectivity index is 0.000000200. The van der Waals surface area contributed by atoms with Gasteiger partial charge >= 0.3 is 5.97 Å². The number of fused-ring (bicyclic) bond motifs is 2. The molecule has 4 aromatic rings. The van der Waals surface area contributed by atoms with Crippen LogP contribution in [0.4, 0.5) is 5.69 Å². The second-order valence-electron chi connectivity index (χ2n) is 6.27. The third-order valence-corrected chi connectivity index (χ3v) is 4.35. The Labute approximate surface area is 166 Å². The average Bonchev–Trinajstić information content (AvgIpc) is 3.17. The molecule has 8 heteroatoms. The standard InChI is InChI=1S/C12H13N3O4.C9H7N/c1-3-19-12(16)7(2)11-9-5-4-8(15(17)18)6-10(9)13-14-11;1-2-6-9-8(4-1)5-3-7-10-9/h4-7H,3H2,1-2H3,(H,13,14);1-7H. The van der Waals surface area contributed by atoms with Gasteiger partial charge in [0.2, 0.25) is 0 Å². The summed E-state index contributed by atoms with van der Waals surface area (Å²) in [5.74, 6) is -0.885. The number of H-pyrrole nitrogens is 1. The quantitative estimate of drug-likeness (QED) is 0.313. The van der Waals surface area contributed by atoms with Gasteiger partial charge in [-0.25, -0.2) is 0 Å². The van der Waals surface area contributed by atoms with E-state index >= 15 is 0 Å². The van der Waals surface area contributed by atoms with E-state index in [4.69, 9.17) is 4.74 Å². The first-order chi connectivity index (χ1) is 14.0. The number of carbonyl (C=O) groups excluding carboxylic acids is 1. The number of non-ortho nitro benzene ring substituents is 1. The summed E-state index contributed by atoms with van der Waals surface area (Å²) >= 11 is 0. The lowest BCUT2D eigenvalue weighted by molar-refractivity contribution is -0.384. The fraction of sp³-hybridized carbons (Fsp3) is 0.190. The number of hydrogen-bond acceptors (Lipinski definition) is 6. The normalized spacial score (nSPS) is 11.5. The number of aromatic nitrogens is 3. The number of para-hydroxylation sites is 1. The van der Waals surface area contributed by atoms with Crippen LogP contribution in [0, 0.1) is 10.1 Å². The fourth-order valence-corrected chi connectivity index (χ4v) is 2.87. The smallest absolute Gasteiger partial charge is 0.314 e. The number of nitrogens with zero attached hydrogens (tertiary/aromatic N) is 3. The van der Waals surface area contributed by atoms with E-state index in [1.54, 1.807) is 19.9 Å². The molecule has 4 rings (SSSR count). The number of pyridine rings is 1. The number of benzene rings is 2. The number of ether oxygens (including phenoxy) is 1. The lowest BCUT2D eigenvalue weighted by Gasteiger charge is -2.07. The Morgan fingerprint density at radius 2 is 1.97 bits per heavy atom. The van der Waals surface area contributed by atoms with Crippen LogP contribution in [0.1, 0.15) is 25.5 Å². The fourth-order valence-electron chi connectivity index (χ4n) is 2.87. The van der Waals surface area contributed by atoms with E-state index in [1.165, 1.54) is 17.5 Å². The third kappa shape index (κ3) is 4.55. The SMILES string of the molecule is CCOC(=O)C(C)c1n[nH]c2cc([N+](=O)[O-])ccc12.c1ccc2ncccc2c1. The average molecular weight is 392 g/mol. The molecule has 0 fully saturated rings. The van der Waals surface area contributed by atoms with Crippen LogP contribution >= 0.6 is 0 Å². The number of rotatable bonds is 4. The van der Waals surface area contributed by atoms with Crippen molar-refractivity contribution in [1.29, 1.82) is 0 Å². The molecule has 148 valence electrons. The maximum absolute atomic E-state index is 11.7. The van der Waals surface area contributed by atoms with Gasteiger partial charge in [-0.3, -0.25) is 25.0 Å². The minimum atomic E-state index is -0.518. The highest BCUT2D eigenvalue weighted by molar-refractivity contribution is 5.89. The molecule has 1 N–H and O–H groups in total. The van der Waals surface area contributed by atoms with Crippen LogP contribution in [0.15, 0.2) is 60.8 Å². The van der Waals surface area contributed by atoms with Gasteiger partial charge in [-0.2, -0.15) is 5.10 Å². The summed E-state index contributed by atoms with van der Waals surface area (Å²) in [5, 5.41) is 19.3. The molecule has 2 heterocycles. The molecule has 0 saturated carbocycles. The highest BCUT2D eigenvalue weighted by Crippen LogP contribution is 2.26. The van der Waals surface area contributed by atoms with Crippen LogP contribution in [0.2, 0.25) is 0 Å². The van der Waals surface area contributed by atoms with Gasteiger partial charge in [-0.15, -0.1) is 0 Å². The van der Waals surface area contributed by atoms with Crippen molar-refractivity contribution in [2.75, 3.05) is 6.61 Å². The van der Waals surface area contributed by atoms with Crippen molar-refractivity contribution in [3.05, 3.63) is 76.6 Å². The second kappa shape index (κ2) is 8.92. The maximum Gasteiger partial charge on any atom is 0.314 e. The summed E-state index contributed by atoms with van der Waals surface area (Å²) in [6.07, 6.45) is 1.81. The molecule has 0 saturated heterocycles. The predicted molar refractivity (Wildman–Crippen MR) is 110 cm³/mol. The van der Waals surface area contributed by atoms with Gasteiger partial charge in [0.05, 0.1) is 34.2 Å². The van der Waals surface area contributed by atoms with Crippen molar-refractivity contribution in [2.45, 2.75) is 19.8 Å². The van der Waals surface area contributed by atoms with Crippen LogP contribution in [0.25, 0.3) is 21.8 Å². The minimum Gasteiger partial charge on any atom is -0.465 e. The summed E-state index contributed by atoms with van der Waals surface area (Å²) in [5.41, 5.74) is 2.10. The van der Waals surface area contributed by atoms with Crippen molar-refractivity contribution >= 4 is 33.5 Å². The zero-order chi connectivity index (χ0) is 20.8. The molecule has 2 aromatic carbocycles. The van der Waals surface area contributed by atoms with Gasteiger partial charge in [-0.05, 0) is 32.0 Å². The Morgan fingerprint density at radius 1 is 1.21 bits per heavy atom. The topological polar surface area (TPSA) is 111 Å². The van der Waals surface area contributed by atoms with Gasteiger partial charge in [0.1, 0.15) is 0 Å². The highest BCUT2D eigenvalue weighted by atomic mass is 16.6. The number of hydrogen-bond donors (Lipinski definition) is 1. The molecule has 1 atom stereocenters. The van der Waals surface area contributed by atoms with Crippen LogP contribution in [-0.4, -0.2) is 32.7 Å². The Kier molecular flexibility index (Phi) is 6.13. The molecule has 2 aromatic heterocycles. The number of nitro groups is 1. The number of esters is 1. The van der Waals surface area contributed by atoms with Gasteiger partial charge in [0, 0.05) is 29.1 Å². The van der Waals surface area contributed by atoms with Crippen LogP contribution in [0.3, 0.4) is 0 Å². The Bertz CT molecular complexity index is 1090. The molecule has 0 radical (unpaired) electrons. The van der Waals surface area contributed by atoms with Gasteiger partial charge in [-0.1, -0.05) is 24.3 Å².